The number of nitrogens with one attached hydrogen (secondary N) is 1. The molecule has 1 atom stereocenters. The molecule has 1 fully saturated rings. The van der Waals surface area contributed by atoms with Gasteiger partial charge >= 0.3 is 0 Å². The summed E-state index contributed by atoms with van der Waals surface area (Å²) in [4.78, 5) is 1.98. The first-order valence-electron chi connectivity index (χ1n) is 4.74. The fraction of sp³-hybridized carbons (Fsp3) is 0.875. The molecular weight excluding hydrogens is 202 g/mol. The Morgan fingerprint density at radius 1 is 1.50 bits per heavy atom. The van der Waals surface area contributed by atoms with Gasteiger partial charge in [0.1, 0.15) is 5.84 Å². The van der Waals surface area contributed by atoms with Crippen molar-refractivity contribution in [3.05, 3.63) is 0 Å². The fourth-order valence-electron chi connectivity index (χ4n) is 1.71. The second kappa shape index (κ2) is 4.27. The van der Waals surface area contributed by atoms with E-state index >= 15 is 0 Å². The average Bonchev–Trinajstić information content (AvgIpc) is 2.08. The van der Waals surface area contributed by atoms with Crippen LogP contribution in [0.2, 0.25) is 0 Å². The number of nitrogens with zero attached hydrogens (tertiary/aromatic N) is 1. The van der Waals surface area contributed by atoms with Crippen molar-refractivity contribution >= 4 is 15.7 Å². The van der Waals surface area contributed by atoms with Crippen LogP contribution >= 0.6 is 0 Å². The molecule has 1 unspecified atom stereocenters. The largest absolute Gasteiger partial charge is 0.386 e. The molecular formula is C8H17N3O2S. The van der Waals surface area contributed by atoms with E-state index < -0.39 is 9.84 Å². The van der Waals surface area contributed by atoms with Gasteiger partial charge in [-0.05, 0) is 6.42 Å². The second-order valence-corrected chi connectivity index (χ2v) is 5.87. The summed E-state index contributed by atoms with van der Waals surface area (Å²) in [6.07, 6.45) is 0.759. The van der Waals surface area contributed by atoms with E-state index in [2.05, 4.69) is 0 Å². The van der Waals surface area contributed by atoms with E-state index in [4.69, 9.17) is 11.1 Å². The van der Waals surface area contributed by atoms with Crippen LogP contribution in [0.15, 0.2) is 0 Å². The maximum absolute atomic E-state index is 11.2. The molecule has 0 spiro atoms. The van der Waals surface area contributed by atoms with Crippen molar-refractivity contribution in [3.8, 4) is 0 Å². The first-order valence-corrected chi connectivity index (χ1v) is 6.57. The molecule has 14 heavy (non-hydrogen) atoms. The molecule has 3 N–H and O–H groups in total. The van der Waals surface area contributed by atoms with Crippen LogP contribution in [0.25, 0.3) is 0 Å². The highest BCUT2D eigenvalue weighted by molar-refractivity contribution is 7.91. The van der Waals surface area contributed by atoms with Crippen LogP contribution in [0, 0.1) is 5.41 Å². The van der Waals surface area contributed by atoms with Gasteiger partial charge < -0.3 is 5.73 Å². The fourth-order valence-corrected chi connectivity index (χ4v) is 2.94. The van der Waals surface area contributed by atoms with E-state index in [1.165, 1.54) is 0 Å². The van der Waals surface area contributed by atoms with Gasteiger partial charge in [-0.2, -0.15) is 0 Å². The molecule has 6 heteroatoms. The number of amidine groups is 1. The third-order valence-electron chi connectivity index (χ3n) is 2.57. The van der Waals surface area contributed by atoms with Crippen molar-refractivity contribution < 1.29 is 8.42 Å². The summed E-state index contributed by atoms with van der Waals surface area (Å²) in [5.41, 5.74) is 5.44. The van der Waals surface area contributed by atoms with Gasteiger partial charge in [0.15, 0.2) is 9.84 Å². The zero-order chi connectivity index (χ0) is 10.8. The normalized spacial score (nSPS) is 24.4. The van der Waals surface area contributed by atoms with E-state index in [0.717, 1.165) is 6.42 Å². The topological polar surface area (TPSA) is 87.2 Å². The molecule has 0 amide bonds. The lowest BCUT2D eigenvalue weighted by Gasteiger charge is -2.32. The van der Waals surface area contributed by atoms with Gasteiger partial charge in [0.25, 0.3) is 0 Å². The van der Waals surface area contributed by atoms with E-state index in [0.29, 0.717) is 13.1 Å². The molecule has 82 valence electrons. The highest BCUT2D eigenvalue weighted by Gasteiger charge is 2.27. The number of hydrogen-bond donors (Lipinski definition) is 2. The van der Waals surface area contributed by atoms with Crippen molar-refractivity contribution in [1.29, 1.82) is 5.41 Å². The van der Waals surface area contributed by atoms with Gasteiger partial charge in [-0.25, -0.2) is 8.42 Å². The molecule has 1 rings (SSSR count). The summed E-state index contributed by atoms with van der Waals surface area (Å²) in [5, 5.41) is 7.37. The molecule has 0 radical (unpaired) electrons. The van der Waals surface area contributed by atoms with Gasteiger partial charge in [0.05, 0.1) is 17.5 Å². The van der Waals surface area contributed by atoms with Crippen LogP contribution in [-0.2, 0) is 9.84 Å². The Hall–Kier alpha value is -0.620. The predicted octanol–water partition coefficient (Wildman–Crippen LogP) is -0.569. The van der Waals surface area contributed by atoms with Gasteiger partial charge in [0.2, 0.25) is 0 Å². The molecule has 5 nitrogen and oxygen atoms in total. The third-order valence-corrected chi connectivity index (χ3v) is 4.17. The quantitative estimate of drug-likeness (QED) is 0.491. The highest BCUT2D eigenvalue weighted by Crippen LogP contribution is 2.10. The zero-order valence-corrected chi connectivity index (χ0v) is 9.18. The molecule has 1 aliphatic heterocycles. The predicted molar refractivity (Wildman–Crippen MR) is 56.2 cm³/mol. The molecule has 0 saturated carbocycles. The highest BCUT2D eigenvalue weighted by atomic mass is 32.2. The number of rotatable bonds is 3. The van der Waals surface area contributed by atoms with E-state index in [9.17, 15) is 8.42 Å². The van der Waals surface area contributed by atoms with Crippen molar-refractivity contribution in [2.24, 2.45) is 5.73 Å². The Bertz CT molecular complexity index is 299. The van der Waals surface area contributed by atoms with Crippen molar-refractivity contribution in [2.45, 2.75) is 19.4 Å². The smallest absolute Gasteiger partial charge is 0.152 e. The SMILES string of the molecule is CCC(C(=N)N)N1CCS(=O)(=O)CC1. The minimum absolute atomic E-state index is 0.0921. The number of nitrogens with two attached hydrogens (primary N) is 1. The summed E-state index contributed by atoms with van der Waals surface area (Å²) in [6, 6.07) is -0.0921. The summed E-state index contributed by atoms with van der Waals surface area (Å²) in [5.74, 6) is 0.514. The first-order chi connectivity index (χ1) is 6.46. The molecule has 0 aromatic rings. The van der Waals surface area contributed by atoms with Crippen LogP contribution in [-0.4, -0.2) is 49.8 Å². The van der Waals surface area contributed by atoms with Crippen LogP contribution in [0.3, 0.4) is 0 Å². The molecule has 0 bridgehead atoms. The van der Waals surface area contributed by atoms with Gasteiger partial charge in [-0.15, -0.1) is 0 Å². The van der Waals surface area contributed by atoms with Gasteiger partial charge in [-0.3, -0.25) is 10.3 Å². The van der Waals surface area contributed by atoms with Crippen molar-refractivity contribution in [3.63, 3.8) is 0 Å². The summed E-state index contributed by atoms with van der Waals surface area (Å²) >= 11 is 0. The van der Waals surface area contributed by atoms with Crippen LogP contribution in [0.1, 0.15) is 13.3 Å². The number of sulfone groups is 1. The van der Waals surface area contributed by atoms with E-state index in [1.54, 1.807) is 0 Å². The van der Waals surface area contributed by atoms with Crippen molar-refractivity contribution in [1.82, 2.24) is 4.90 Å². The molecule has 0 aliphatic carbocycles. The van der Waals surface area contributed by atoms with Crippen LogP contribution in [0.4, 0.5) is 0 Å². The van der Waals surface area contributed by atoms with Crippen LogP contribution < -0.4 is 5.73 Å². The van der Waals surface area contributed by atoms with E-state index in [1.807, 2.05) is 11.8 Å². The summed E-state index contributed by atoms with van der Waals surface area (Å²) < 4.78 is 22.3. The average molecular weight is 219 g/mol. The lowest BCUT2D eigenvalue weighted by molar-refractivity contribution is 0.254. The minimum Gasteiger partial charge on any atom is -0.386 e. The van der Waals surface area contributed by atoms with Crippen molar-refractivity contribution in [2.75, 3.05) is 24.6 Å². The monoisotopic (exact) mass is 219 g/mol. The van der Waals surface area contributed by atoms with Gasteiger partial charge in [0, 0.05) is 13.1 Å². The minimum atomic E-state index is -2.84. The lowest BCUT2D eigenvalue weighted by Crippen LogP contribution is -2.50. The molecule has 0 aromatic carbocycles. The Labute approximate surface area is 84.7 Å². The molecule has 1 heterocycles. The molecule has 0 aromatic heterocycles. The Morgan fingerprint density at radius 3 is 2.36 bits per heavy atom. The maximum Gasteiger partial charge on any atom is 0.152 e. The summed E-state index contributed by atoms with van der Waals surface area (Å²) in [6.45, 7) is 2.95. The third kappa shape index (κ3) is 2.68. The standard InChI is InChI=1S/C8H17N3O2S/c1-2-7(8(9)10)11-3-5-14(12,13)6-4-11/h7H,2-6H2,1H3,(H3,9,10). The maximum atomic E-state index is 11.2. The first kappa shape index (κ1) is 11.5. The summed E-state index contributed by atoms with van der Waals surface area (Å²) in [7, 11) is -2.84. The molecule has 1 aliphatic rings. The number of hydrogen-bond acceptors (Lipinski definition) is 4. The Morgan fingerprint density at radius 2 is 2.00 bits per heavy atom. The van der Waals surface area contributed by atoms with Crippen LogP contribution in [0.5, 0.6) is 0 Å². The Balaban J connectivity index is 2.60. The molecule has 1 saturated heterocycles. The lowest BCUT2D eigenvalue weighted by atomic mass is 10.1. The Kier molecular flexibility index (Phi) is 3.49. The van der Waals surface area contributed by atoms with Gasteiger partial charge in [-0.1, -0.05) is 6.92 Å². The zero-order valence-electron chi connectivity index (χ0n) is 8.36. The second-order valence-electron chi connectivity index (χ2n) is 3.57. The van der Waals surface area contributed by atoms with E-state index in [-0.39, 0.29) is 23.4 Å².